The van der Waals surface area contributed by atoms with Gasteiger partial charge in [-0.25, -0.2) is 4.79 Å². The summed E-state index contributed by atoms with van der Waals surface area (Å²) in [6.07, 6.45) is 0.848. The van der Waals surface area contributed by atoms with E-state index in [1.165, 1.54) is 0 Å². The fourth-order valence-electron chi connectivity index (χ4n) is 0.175. The Bertz CT molecular complexity index is 73.7. The van der Waals surface area contributed by atoms with E-state index in [1.807, 2.05) is 6.92 Å². The molecule has 0 saturated heterocycles. The summed E-state index contributed by atoms with van der Waals surface area (Å²) >= 11 is 0.472. The molecule has 0 fully saturated rings. The Balaban J connectivity index is 2.82. The van der Waals surface area contributed by atoms with Crippen LogP contribution in [0.2, 0.25) is 0 Å². The van der Waals surface area contributed by atoms with Crippen molar-refractivity contribution in [3.05, 3.63) is 0 Å². The van der Waals surface area contributed by atoms with Gasteiger partial charge in [-0.05, 0) is 6.42 Å². The minimum atomic E-state index is -0.988. The molecule has 0 aliphatic rings. The molecule has 0 saturated carbocycles. The standard InChI is InChI=1S/C4H8O3S/c1-2-3-7-8-4(5)6/h2-3H2,1H3,(H,5,6). The molecule has 0 atom stereocenters. The summed E-state index contributed by atoms with van der Waals surface area (Å²) < 4.78 is 4.56. The van der Waals surface area contributed by atoms with Gasteiger partial charge in [-0.1, -0.05) is 6.92 Å². The van der Waals surface area contributed by atoms with E-state index in [0.717, 1.165) is 6.42 Å². The predicted octanol–water partition coefficient (Wildman–Crippen LogP) is 1.74. The van der Waals surface area contributed by atoms with Crippen molar-refractivity contribution < 1.29 is 14.1 Å². The van der Waals surface area contributed by atoms with Gasteiger partial charge in [0.15, 0.2) is 0 Å². The maximum atomic E-state index is 9.71. The maximum absolute atomic E-state index is 9.71. The molecule has 48 valence electrons. The maximum Gasteiger partial charge on any atom is 0.392 e. The molecule has 0 aromatic rings. The van der Waals surface area contributed by atoms with Gasteiger partial charge in [-0.15, -0.1) is 0 Å². The largest absolute Gasteiger partial charge is 0.472 e. The van der Waals surface area contributed by atoms with Crippen molar-refractivity contribution in [3.8, 4) is 0 Å². The van der Waals surface area contributed by atoms with Gasteiger partial charge in [0.2, 0.25) is 0 Å². The van der Waals surface area contributed by atoms with Crippen LogP contribution in [0.3, 0.4) is 0 Å². The van der Waals surface area contributed by atoms with Gasteiger partial charge in [0, 0.05) is 0 Å². The SMILES string of the molecule is CCCOSC(=O)O. The highest BCUT2D eigenvalue weighted by molar-refractivity contribution is 8.09. The molecule has 0 aliphatic carbocycles. The second-order valence-corrected chi connectivity index (χ2v) is 1.92. The minimum Gasteiger partial charge on any atom is -0.472 e. The summed E-state index contributed by atoms with van der Waals surface area (Å²) in [6, 6.07) is 0. The van der Waals surface area contributed by atoms with E-state index in [0.29, 0.717) is 18.6 Å². The van der Waals surface area contributed by atoms with Gasteiger partial charge in [0.1, 0.15) is 12.0 Å². The average Bonchev–Trinajstić information content (AvgIpc) is 1.66. The molecular weight excluding hydrogens is 128 g/mol. The van der Waals surface area contributed by atoms with Crippen molar-refractivity contribution in [1.29, 1.82) is 0 Å². The van der Waals surface area contributed by atoms with Gasteiger partial charge in [-0.2, -0.15) is 0 Å². The van der Waals surface area contributed by atoms with Gasteiger partial charge in [0.05, 0.1) is 6.61 Å². The van der Waals surface area contributed by atoms with Crippen molar-refractivity contribution >= 4 is 17.3 Å². The summed E-state index contributed by atoms with van der Waals surface area (Å²) in [7, 11) is 0. The first-order valence-electron chi connectivity index (χ1n) is 2.29. The van der Waals surface area contributed by atoms with Crippen molar-refractivity contribution in [1.82, 2.24) is 0 Å². The van der Waals surface area contributed by atoms with E-state index in [2.05, 4.69) is 4.18 Å². The van der Waals surface area contributed by atoms with E-state index >= 15 is 0 Å². The van der Waals surface area contributed by atoms with E-state index in [4.69, 9.17) is 5.11 Å². The molecule has 0 aliphatic heterocycles. The van der Waals surface area contributed by atoms with Crippen molar-refractivity contribution in [2.75, 3.05) is 6.61 Å². The lowest BCUT2D eigenvalue weighted by atomic mass is 10.5. The lowest BCUT2D eigenvalue weighted by Gasteiger charge is -1.91. The van der Waals surface area contributed by atoms with E-state index in [-0.39, 0.29) is 0 Å². The average molecular weight is 136 g/mol. The van der Waals surface area contributed by atoms with Crippen molar-refractivity contribution in [2.45, 2.75) is 13.3 Å². The summed E-state index contributed by atoms with van der Waals surface area (Å²) in [6.45, 7) is 2.42. The second kappa shape index (κ2) is 4.93. The van der Waals surface area contributed by atoms with Crippen LogP contribution in [0.5, 0.6) is 0 Å². The highest BCUT2D eigenvalue weighted by Crippen LogP contribution is 2.02. The number of carboxylic acid groups (broad SMARTS) is 1. The first kappa shape index (κ1) is 7.78. The Labute approximate surface area is 52.2 Å². The minimum absolute atomic E-state index is 0.472. The highest BCUT2D eigenvalue weighted by Gasteiger charge is 1.94. The zero-order chi connectivity index (χ0) is 6.41. The van der Waals surface area contributed by atoms with Crippen LogP contribution in [-0.4, -0.2) is 17.0 Å². The highest BCUT2D eigenvalue weighted by atomic mass is 32.2. The topological polar surface area (TPSA) is 46.5 Å². The van der Waals surface area contributed by atoms with Crippen LogP contribution >= 0.6 is 12.0 Å². The first-order chi connectivity index (χ1) is 3.77. The third-order valence-corrected chi connectivity index (χ3v) is 0.845. The Hall–Kier alpha value is -0.220. The van der Waals surface area contributed by atoms with E-state index < -0.39 is 5.30 Å². The summed E-state index contributed by atoms with van der Waals surface area (Å²) in [5, 5.41) is 6.99. The third-order valence-electron chi connectivity index (χ3n) is 0.418. The summed E-state index contributed by atoms with van der Waals surface area (Å²) in [5.74, 6) is 0. The van der Waals surface area contributed by atoms with Gasteiger partial charge in [-0.3, -0.25) is 0 Å². The molecule has 0 amide bonds. The Kier molecular flexibility index (Phi) is 4.79. The van der Waals surface area contributed by atoms with E-state index in [9.17, 15) is 4.79 Å². The number of carbonyl (C=O) groups is 1. The number of hydrogen-bond donors (Lipinski definition) is 1. The number of rotatable bonds is 3. The van der Waals surface area contributed by atoms with E-state index in [1.54, 1.807) is 0 Å². The first-order valence-corrected chi connectivity index (χ1v) is 3.04. The van der Waals surface area contributed by atoms with Crippen molar-refractivity contribution in [3.63, 3.8) is 0 Å². The lowest BCUT2D eigenvalue weighted by molar-refractivity contribution is 0.219. The molecule has 0 heterocycles. The van der Waals surface area contributed by atoms with Crippen LogP contribution in [0.4, 0.5) is 4.79 Å². The zero-order valence-electron chi connectivity index (χ0n) is 4.59. The third kappa shape index (κ3) is 5.78. The Morgan fingerprint density at radius 1 is 1.88 bits per heavy atom. The molecule has 0 unspecified atom stereocenters. The molecule has 0 aromatic carbocycles. The number of hydrogen-bond acceptors (Lipinski definition) is 3. The smallest absolute Gasteiger partial charge is 0.392 e. The van der Waals surface area contributed by atoms with Crippen LogP contribution in [0.25, 0.3) is 0 Å². The van der Waals surface area contributed by atoms with Crippen LogP contribution in [-0.2, 0) is 4.18 Å². The molecule has 0 radical (unpaired) electrons. The van der Waals surface area contributed by atoms with Crippen molar-refractivity contribution in [2.24, 2.45) is 0 Å². The van der Waals surface area contributed by atoms with Gasteiger partial charge >= 0.3 is 5.30 Å². The summed E-state index contributed by atoms with van der Waals surface area (Å²) in [4.78, 5) is 9.71. The molecule has 4 heteroatoms. The van der Waals surface area contributed by atoms with Crippen LogP contribution in [0.1, 0.15) is 13.3 Å². The zero-order valence-corrected chi connectivity index (χ0v) is 5.40. The molecule has 1 N–H and O–H groups in total. The lowest BCUT2D eigenvalue weighted by Crippen LogP contribution is -1.88. The molecular formula is C4H8O3S. The molecule has 8 heavy (non-hydrogen) atoms. The van der Waals surface area contributed by atoms with Gasteiger partial charge < -0.3 is 9.29 Å². The molecule has 3 nitrogen and oxygen atoms in total. The molecule has 0 bridgehead atoms. The van der Waals surface area contributed by atoms with Gasteiger partial charge in [0.25, 0.3) is 0 Å². The molecule has 0 spiro atoms. The molecule has 0 rings (SSSR count). The fourth-order valence-corrected chi connectivity index (χ4v) is 0.526. The normalized spacial score (nSPS) is 9.12. The summed E-state index contributed by atoms with van der Waals surface area (Å²) in [5.41, 5.74) is 0. The Morgan fingerprint density at radius 2 is 2.50 bits per heavy atom. The van der Waals surface area contributed by atoms with Crippen LogP contribution in [0.15, 0.2) is 0 Å². The van der Waals surface area contributed by atoms with Crippen LogP contribution < -0.4 is 0 Å². The molecule has 0 aromatic heterocycles. The predicted molar refractivity (Wildman–Crippen MR) is 31.9 cm³/mol. The second-order valence-electron chi connectivity index (χ2n) is 1.17. The fraction of sp³-hybridized carbons (Fsp3) is 0.750. The van der Waals surface area contributed by atoms with Crippen LogP contribution in [0, 0.1) is 0 Å². The quantitative estimate of drug-likeness (QED) is 0.474. The monoisotopic (exact) mass is 136 g/mol. The Morgan fingerprint density at radius 3 is 2.88 bits per heavy atom.